The summed E-state index contributed by atoms with van der Waals surface area (Å²) in [5, 5.41) is 118. The van der Waals surface area contributed by atoms with Gasteiger partial charge in [0.1, 0.15) is 79.2 Å². The van der Waals surface area contributed by atoms with Crippen molar-refractivity contribution in [1.82, 2.24) is 0 Å². The SMILES string of the molecule is CC(C(=O)O)C(=O)[C@H](O)[C@@H](O)[C@H](O)[C@H](O)CO[C@H]1O[C@H](CO[C@H]2O[C@H](CO)[C@@H](O)[C@H](O)[C@H]2O)[C@@H](O)[C@H](O)[C@H]1O. The molecule has 12 N–H and O–H groups in total. The van der Waals surface area contributed by atoms with Gasteiger partial charge < -0.3 is 80.2 Å². The first-order valence-electron chi connectivity index (χ1n) is 11.9. The number of hydrogen-bond acceptors (Lipinski definition) is 17. The fraction of sp³-hybridized carbons (Fsp3) is 0.905. The maximum Gasteiger partial charge on any atom is 0.313 e. The van der Waals surface area contributed by atoms with Crippen molar-refractivity contribution in [3.05, 3.63) is 0 Å². The quantitative estimate of drug-likeness (QED) is 0.0905. The van der Waals surface area contributed by atoms with Gasteiger partial charge in [-0.05, 0) is 6.92 Å². The van der Waals surface area contributed by atoms with Crippen molar-refractivity contribution in [1.29, 1.82) is 0 Å². The van der Waals surface area contributed by atoms with Gasteiger partial charge in [-0.2, -0.15) is 0 Å². The third-order valence-corrected chi connectivity index (χ3v) is 6.53. The molecule has 0 aromatic carbocycles. The second kappa shape index (κ2) is 14.4. The first kappa shape index (κ1) is 33.7. The number of carboxylic acid groups (broad SMARTS) is 1. The van der Waals surface area contributed by atoms with Crippen LogP contribution in [0.15, 0.2) is 0 Å². The lowest BCUT2D eigenvalue weighted by Gasteiger charge is -2.42. The first-order chi connectivity index (χ1) is 18.1. The van der Waals surface area contributed by atoms with Gasteiger partial charge in [0.2, 0.25) is 0 Å². The van der Waals surface area contributed by atoms with Gasteiger partial charge in [0.15, 0.2) is 18.4 Å². The Labute approximate surface area is 220 Å². The highest BCUT2D eigenvalue weighted by Gasteiger charge is 2.48. The van der Waals surface area contributed by atoms with Gasteiger partial charge in [-0.25, -0.2) is 0 Å². The number of aliphatic hydroxyl groups is 11. The lowest BCUT2D eigenvalue weighted by Crippen LogP contribution is -2.62. The van der Waals surface area contributed by atoms with E-state index >= 15 is 0 Å². The number of carbonyl (C=O) groups excluding carboxylic acids is 1. The van der Waals surface area contributed by atoms with Crippen LogP contribution >= 0.6 is 0 Å². The van der Waals surface area contributed by atoms with E-state index < -0.39 is 123 Å². The Morgan fingerprint density at radius 3 is 1.74 bits per heavy atom. The topological polar surface area (TPSA) is 314 Å². The van der Waals surface area contributed by atoms with Crippen LogP contribution in [0.3, 0.4) is 0 Å². The highest BCUT2D eigenvalue weighted by molar-refractivity contribution is 6.00. The lowest BCUT2D eigenvalue weighted by atomic mass is 9.94. The normalized spacial score (nSPS) is 39.4. The van der Waals surface area contributed by atoms with Crippen LogP contribution in [-0.2, 0) is 28.5 Å². The Morgan fingerprint density at radius 2 is 1.23 bits per heavy atom. The fourth-order valence-electron chi connectivity index (χ4n) is 3.84. The largest absolute Gasteiger partial charge is 0.481 e. The predicted octanol–water partition coefficient (Wildman–Crippen LogP) is -7.64. The molecule has 0 bridgehead atoms. The smallest absolute Gasteiger partial charge is 0.313 e. The molecule has 0 saturated carbocycles. The molecule has 2 heterocycles. The molecule has 2 fully saturated rings. The average Bonchev–Trinajstić information content (AvgIpc) is 2.92. The summed E-state index contributed by atoms with van der Waals surface area (Å²) in [7, 11) is 0. The molecule has 0 spiro atoms. The molecule has 39 heavy (non-hydrogen) atoms. The summed E-state index contributed by atoms with van der Waals surface area (Å²) in [4.78, 5) is 22.8. The van der Waals surface area contributed by atoms with Crippen molar-refractivity contribution in [3.63, 3.8) is 0 Å². The molecule has 0 aliphatic carbocycles. The molecule has 2 aliphatic heterocycles. The third-order valence-electron chi connectivity index (χ3n) is 6.53. The van der Waals surface area contributed by atoms with Gasteiger partial charge in [0, 0.05) is 0 Å². The van der Waals surface area contributed by atoms with Crippen molar-refractivity contribution in [3.8, 4) is 0 Å². The van der Waals surface area contributed by atoms with Crippen molar-refractivity contribution < 1.29 is 89.8 Å². The Morgan fingerprint density at radius 1 is 0.744 bits per heavy atom. The highest BCUT2D eigenvalue weighted by atomic mass is 16.7. The zero-order valence-electron chi connectivity index (χ0n) is 20.6. The monoisotopic (exact) mass is 576 g/mol. The molecule has 1 unspecified atom stereocenters. The van der Waals surface area contributed by atoms with Gasteiger partial charge in [-0.3, -0.25) is 9.59 Å². The molecular formula is C21H36O18. The minimum atomic E-state index is -2.38. The Bertz CT molecular complexity index is 797. The summed E-state index contributed by atoms with van der Waals surface area (Å²) in [5.74, 6) is -4.66. The second-order valence-corrected chi connectivity index (χ2v) is 9.33. The number of carbonyl (C=O) groups is 2. The maximum atomic E-state index is 11.9. The van der Waals surface area contributed by atoms with E-state index in [9.17, 15) is 65.8 Å². The van der Waals surface area contributed by atoms with E-state index in [1.165, 1.54) is 0 Å². The highest BCUT2D eigenvalue weighted by Crippen LogP contribution is 2.26. The maximum absolute atomic E-state index is 11.9. The number of ketones is 1. The molecule has 2 aliphatic rings. The zero-order chi connectivity index (χ0) is 29.8. The van der Waals surface area contributed by atoms with Crippen molar-refractivity contribution >= 4 is 11.8 Å². The molecular weight excluding hydrogens is 540 g/mol. The van der Waals surface area contributed by atoms with Gasteiger partial charge >= 0.3 is 5.97 Å². The number of aliphatic hydroxyl groups excluding tert-OH is 11. The van der Waals surface area contributed by atoms with E-state index in [1.807, 2.05) is 0 Å². The van der Waals surface area contributed by atoms with Crippen LogP contribution in [0, 0.1) is 5.92 Å². The molecule has 18 nitrogen and oxygen atoms in total. The second-order valence-electron chi connectivity index (χ2n) is 9.33. The number of ether oxygens (including phenoxy) is 4. The van der Waals surface area contributed by atoms with E-state index in [0.29, 0.717) is 0 Å². The van der Waals surface area contributed by atoms with Crippen molar-refractivity contribution in [2.24, 2.45) is 5.92 Å². The van der Waals surface area contributed by atoms with Crippen LogP contribution < -0.4 is 0 Å². The average molecular weight is 577 g/mol. The van der Waals surface area contributed by atoms with Gasteiger partial charge in [0.25, 0.3) is 0 Å². The van der Waals surface area contributed by atoms with E-state index in [-0.39, 0.29) is 0 Å². The van der Waals surface area contributed by atoms with Crippen LogP contribution in [0.1, 0.15) is 6.92 Å². The third kappa shape index (κ3) is 7.85. The molecule has 2 rings (SSSR count). The number of aliphatic carboxylic acids is 1. The van der Waals surface area contributed by atoms with Crippen molar-refractivity contribution in [2.45, 2.75) is 92.8 Å². The van der Waals surface area contributed by atoms with Gasteiger partial charge in [-0.1, -0.05) is 0 Å². The molecule has 18 heteroatoms. The van der Waals surface area contributed by atoms with E-state index in [2.05, 4.69) is 0 Å². The van der Waals surface area contributed by atoms with Crippen LogP contribution in [0.5, 0.6) is 0 Å². The van der Waals surface area contributed by atoms with Gasteiger partial charge in [0.05, 0.1) is 19.8 Å². The summed E-state index contributed by atoms with van der Waals surface area (Å²) in [6.07, 6.45) is -26.0. The standard InChI is InChI=1S/C21H36O18/c1-5(19(34)35)9(24)13(28)14(29)10(25)6(23)3-36-20-18(33)16(31)12(27)8(39-20)4-37-21-17(32)15(30)11(26)7(2-22)38-21/h5-8,10-18,20-23,25-33H,2-4H2,1H3,(H,34,35)/t5?,6-,7-,8-,10-,11-,12-,13+,14+,15+,16+,17-,18-,20+,21+/m1/s1. The summed E-state index contributed by atoms with van der Waals surface area (Å²) < 4.78 is 20.8. The Kier molecular flexibility index (Phi) is 12.5. The lowest BCUT2D eigenvalue weighted by molar-refractivity contribution is -0.333. The summed E-state index contributed by atoms with van der Waals surface area (Å²) in [5.41, 5.74) is 0. The Hall–Kier alpha value is -1.46. The van der Waals surface area contributed by atoms with Crippen LogP contribution in [-0.4, -0.2) is 179 Å². The molecule has 0 aromatic rings. The molecule has 2 saturated heterocycles. The van der Waals surface area contributed by atoms with E-state index in [1.54, 1.807) is 0 Å². The fourth-order valence-corrected chi connectivity index (χ4v) is 3.84. The zero-order valence-corrected chi connectivity index (χ0v) is 20.6. The molecule has 0 aromatic heterocycles. The first-order valence-corrected chi connectivity index (χ1v) is 11.9. The summed E-state index contributed by atoms with van der Waals surface area (Å²) in [6, 6.07) is 0. The van der Waals surface area contributed by atoms with E-state index in [4.69, 9.17) is 24.1 Å². The van der Waals surface area contributed by atoms with Gasteiger partial charge in [-0.15, -0.1) is 0 Å². The minimum Gasteiger partial charge on any atom is -0.481 e. The van der Waals surface area contributed by atoms with Crippen LogP contribution in [0.2, 0.25) is 0 Å². The van der Waals surface area contributed by atoms with Crippen molar-refractivity contribution in [2.75, 3.05) is 19.8 Å². The summed E-state index contributed by atoms with van der Waals surface area (Å²) >= 11 is 0. The minimum absolute atomic E-state index is 0.659. The molecule has 0 amide bonds. The number of rotatable bonds is 13. The number of hydrogen-bond donors (Lipinski definition) is 12. The van der Waals surface area contributed by atoms with Crippen LogP contribution in [0.25, 0.3) is 0 Å². The number of carboxylic acids is 1. The number of Topliss-reactive ketones (excluding diaryl/α,β-unsaturated/α-hetero) is 1. The van der Waals surface area contributed by atoms with E-state index in [0.717, 1.165) is 6.92 Å². The summed E-state index contributed by atoms with van der Waals surface area (Å²) in [6.45, 7) is -1.39. The molecule has 0 radical (unpaired) electrons. The predicted molar refractivity (Wildman–Crippen MR) is 118 cm³/mol. The molecule has 228 valence electrons. The molecule has 15 atom stereocenters. The van der Waals surface area contributed by atoms with Crippen LogP contribution in [0.4, 0.5) is 0 Å². The Balaban J connectivity index is 1.96.